The van der Waals surface area contributed by atoms with Gasteiger partial charge >= 0.3 is 0 Å². The van der Waals surface area contributed by atoms with E-state index in [1.807, 2.05) is 45.9 Å². The average molecular weight is 407 g/mol. The first-order valence-electron chi connectivity index (χ1n) is 8.05. The molecule has 0 bridgehead atoms. The van der Waals surface area contributed by atoms with Gasteiger partial charge in [0, 0.05) is 22.4 Å². The number of rotatable bonds is 6. The fourth-order valence-electron chi connectivity index (χ4n) is 1.97. The summed E-state index contributed by atoms with van der Waals surface area (Å²) < 4.78 is 12.0. The van der Waals surface area contributed by atoms with Crippen molar-refractivity contribution >= 4 is 27.5 Å². The Morgan fingerprint density at radius 1 is 1.20 bits per heavy atom. The Hall–Kier alpha value is -1.92. The predicted molar refractivity (Wildman–Crippen MR) is 102 cm³/mol. The van der Waals surface area contributed by atoms with Gasteiger partial charge in [-0.05, 0) is 51.5 Å². The normalized spacial score (nSPS) is 11.2. The van der Waals surface area contributed by atoms with Crippen molar-refractivity contribution in [1.29, 1.82) is 0 Å². The van der Waals surface area contributed by atoms with Crippen LogP contribution in [0, 0.1) is 6.92 Å². The Kier molecular flexibility index (Phi) is 6.56. The molecule has 0 unspecified atom stereocenters. The van der Waals surface area contributed by atoms with E-state index < -0.39 is 0 Å². The summed E-state index contributed by atoms with van der Waals surface area (Å²) in [6, 6.07) is 9.03. The Morgan fingerprint density at radius 3 is 2.56 bits per heavy atom. The highest BCUT2D eigenvalue weighted by Crippen LogP contribution is 2.21. The van der Waals surface area contributed by atoms with Crippen molar-refractivity contribution in [2.24, 2.45) is 0 Å². The molecule has 6 heteroatoms. The second-order valence-corrected chi connectivity index (χ2v) is 7.47. The van der Waals surface area contributed by atoms with Gasteiger partial charge in [-0.1, -0.05) is 22.0 Å². The van der Waals surface area contributed by atoms with E-state index in [-0.39, 0.29) is 11.5 Å². The van der Waals surface area contributed by atoms with Crippen LogP contribution < -0.4 is 10.1 Å². The van der Waals surface area contributed by atoms with Crippen molar-refractivity contribution in [3.63, 3.8) is 0 Å². The first-order chi connectivity index (χ1) is 11.7. The number of anilines is 1. The highest BCUT2D eigenvalue weighted by Gasteiger charge is 2.10. The molecule has 0 aliphatic carbocycles. The van der Waals surface area contributed by atoms with E-state index in [0.29, 0.717) is 24.7 Å². The van der Waals surface area contributed by atoms with Gasteiger partial charge in [0.25, 0.3) is 5.91 Å². The van der Waals surface area contributed by atoms with Gasteiger partial charge in [0.15, 0.2) is 0 Å². The molecule has 0 spiro atoms. The Labute approximate surface area is 156 Å². The minimum Gasteiger partial charge on any atom is -0.475 e. The van der Waals surface area contributed by atoms with E-state index in [1.54, 1.807) is 12.1 Å². The van der Waals surface area contributed by atoms with E-state index in [0.717, 1.165) is 15.7 Å². The van der Waals surface area contributed by atoms with Crippen LogP contribution in [-0.4, -0.2) is 29.7 Å². The number of benzene rings is 1. The standard InChI is InChI=1S/C19H23BrN2O3/c1-13-5-7-15(11-16(13)20)22-18(23)14-6-8-17(21-12-14)24-9-10-25-19(2,3)4/h5-8,11-12H,9-10H2,1-4H3,(H,22,23). The molecule has 1 aromatic heterocycles. The molecule has 1 N–H and O–H groups in total. The summed E-state index contributed by atoms with van der Waals surface area (Å²) in [7, 11) is 0. The molecule has 0 aliphatic heterocycles. The molecular formula is C19H23BrN2O3. The summed E-state index contributed by atoms with van der Waals surface area (Å²) in [5.74, 6) is 0.248. The quantitative estimate of drug-likeness (QED) is 0.712. The summed E-state index contributed by atoms with van der Waals surface area (Å²) in [5, 5.41) is 2.84. The SMILES string of the molecule is Cc1ccc(NC(=O)c2ccc(OCCOC(C)(C)C)nc2)cc1Br. The van der Waals surface area contributed by atoms with Crippen molar-refractivity contribution < 1.29 is 14.3 Å². The first-order valence-corrected chi connectivity index (χ1v) is 8.84. The molecule has 5 nitrogen and oxygen atoms in total. The molecule has 1 amide bonds. The lowest BCUT2D eigenvalue weighted by Gasteiger charge is -2.19. The van der Waals surface area contributed by atoms with E-state index in [9.17, 15) is 4.79 Å². The van der Waals surface area contributed by atoms with Crippen molar-refractivity contribution in [2.75, 3.05) is 18.5 Å². The van der Waals surface area contributed by atoms with Gasteiger partial charge < -0.3 is 14.8 Å². The number of halogens is 1. The molecule has 0 saturated heterocycles. The maximum absolute atomic E-state index is 12.3. The van der Waals surface area contributed by atoms with Crippen LogP contribution in [0.5, 0.6) is 5.88 Å². The first kappa shape index (κ1) is 19.4. The molecule has 0 radical (unpaired) electrons. The van der Waals surface area contributed by atoms with Gasteiger partial charge in [0.2, 0.25) is 5.88 Å². The lowest BCUT2D eigenvalue weighted by Crippen LogP contribution is -2.22. The molecule has 2 rings (SSSR count). The van der Waals surface area contributed by atoms with E-state index in [2.05, 4.69) is 26.2 Å². The lowest BCUT2D eigenvalue weighted by molar-refractivity contribution is -0.0168. The van der Waals surface area contributed by atoms with Crippen LogP contribution in [0.15, 0.2) is 41.0 Å². The van der Waals surface area contributed by atoms with Crippen molar-refractivity contribution in [3.8, 4) is 5.88 Å². The van der Waals surface area contributed by atoms with Crippen molar-refractivity contribution in [3.05, 3.63) is 52.1 Å². The minimum absolute atomic E-state index is 0.191. The molecule has 0 saturated carbocycles. The van der Waals surface area contributed by atoms with Crippen LogP contribution in [-0.2, 0) is 4.74 Å². The fourth-order valence-corrected chi connectivity index (χ4v) is 2.35. The third-order valence-electron chi connectivity index (χ3n) is 3.30. The predicted octanol–water partition coefficient (Wildman–Crippen LogP) is 4.60. The van der Waals surface area contributed by atoms with Crippen LogP contribution in [0.1, 0.15) is 36.7 Å². The summed E-state index contributed by atoms with van der Waals surface area (Å²) in [4.78, 5) is 16.4. The number of nitrogens with one attached hydrogen (secondary N) is 1. The number of aryl methyl sites for hydroxylation is 1. The van der Waals surface area contributed by atoms with Gasteiger partial charge in [0.05, 0.1) is 17.8 Å². The molecule has 134 valence electrons. The van der Waals surface area contributed by atoms with Crippen LogP contribution >= 0.6 is 15.9 Å². The van der Waals surface area contributed by atoms with Gasteiger partial charge in [-0.15, -0.1) is 0 Å². The number of carbonyl (C=O) groups excluding carboxylic acids is 1. The van der Waals surface area contributed by atoms with E-state index >= 15 is 0 Å². The van der Waals surface area contributed by atoms with Crippen LogP contribution in [0.25, 0.3) is 0 Å². The number of amides is 1. The fraction of sp³-hybridized carbons (Fsp3) is 0.368. The molecule has 1 heterocycles. The number of ether oxygens (including phenoxy) is 2. The van der Waals surface area contributed by atoms with E-state index in [1.165, 1.54) is 6.20 Å². The van der Waals surface area contributed by atoms with Gasteiger partial charge in [-0.3, -0.25) is 4.79 Å². The summed E-state index contributed by atoms with van der Waals surface area (Å²) >= 11 is 3.45. The molecule has 2 aromatic rings. The zero-order valence-electron chi connectivity index (χ0n) is 14.9. The lowest BCUT2D eigenvalue weighted by atomic mass is 10.2. The Morgan fingerprint density at radius 2 is 1.96 bits per heavy atom. The third-order valence-corrected chi connectivity index (χ3v) is 4.15. The largest absolute Gasteiger partial charge is 0.475 e. The van der Waals surface area contributed by atoms with E-state index in [4.69, 9.17) is 9.47 Å². The van der Waals surface area contributed by atoms with Crippen LogP contribution in [0.4, 0.5) is 5.69 Å². The smallest absolute Gasteiger partial charge is 0.257 e. The number of hydrogen-bond acceptors (Lipinski definition) is 4. The highest BCUT2D eigenvalue weighted by atomic mass is 79.9. The minimum atomic E-state index is -0.217. The zero-order valence-corrected chi connectivity index (χ0v) is 16.5. The molecule has 0 aliphatic rings. The number of aromatic nitrogens is 1. The molecular weight excluding hydrogens is 384 g/mol. The molecule has 0 atom stereocenters. The topological polar surface area (TPSA) is 60.5 Å². The Balaban J connectivity index is 1.88. The Bertz CT molecular complexity index is 724. The van der Waals surface area contributed by atoms with Crippen LogP contribution in [0.3, 0.4) is 0 Å². The summed E-state index contributed by atoms with van der Waals surface area (Å²) in [5.41, 5.74) is 2.11. The van der Waals surface area contributed by atoms with Gasteiger partial charge in [-0.2, -0.15) is 0 Å². The number of carbonyl (C=O) groups is 1. The second kappa shape index (κ2) is 8.45. The van der Waals surface area contributed by atoms with Gasteiger partial charge in [-0.25, -0.2) is 4.98 Å². The number of pyridine rings is 1. The molecule has 1 aromatic carbocycles. The zero-order chi connectivity index (χ0) is 18.4. The van der Waals surface area contributed by atoms with Crippen molar-refractivity contribution in [2.45, 2.75) is 33.3 Å². The summed E-state index contributed by atoms with van der Waals surface area (Å²) in [6.45, 7) is 8.86. The number of nitrogens with zero attached hydrogens (tertiary/aromatic N) is 1. The molecule has 25 heavy (non-hydrogen) atoms. The second-order valence-electron chi connectivity index (χ2n) is 6.61. The maximum atomic E-state index is 12.3. The molecule has 0 fully saturated rings. The maximum Gasteiger partial charge on any atom is 0.257 e. The van der Waals surface area contributed by atoms with Crippen molar-refractivity contribution in [1.82, 2.24) is 4.98 Å². The average Bonchev–Trinajstić information content (AvgIpc) is 2.55. The van der Waals surface area contributed by atoms with Gasteiger partial charge in [0.1, 0.15) is 6.61 Å². The highest BCUT2D eigenvalue weighted by molar-refractivity contribution is 9.10. The number of hydrogen-bond donors (Lipinski definition) is 1. The monoisotopic (exact) mass is 406 g/mol. The van der Waals surface area contributed by atoms with Crippen LogP contribution in [0.2, 0.25) is 0 Å². The third kappa shape index (κ3) is 6.48. The summed E-state index contributed by atoms with van der Waals surface area (Å²) in [6.07, 6.45) is 1.50.